The smallest absolute Gasteiger partial charge is 0.360 e. The molecule has 5 aromatic rings. The van der Waals surface area contributed by atoms with Crippen LogP contribution in [0.25, 0.3) is 0 Å². The Balaban J connectivity index is 1.35. The molecule has 0 atom stereocenters. The number of hydrogen-bond acceptors (Lipinski definition) is 3. The summed E-state index contributed by atoms with van der Waals surface area (Å²) >= 11 is 0. The molecule has 0 N–H and O–H groups in total. The lowest BCUT2D eigenvalue weighted by molar-refractivity contribution is 1.01. The maximum absolute atomic E-state index is 2.50. The van der Waals surface area contributed by atoms with Gasteiger partial charge in [-0.2, -0.15) is 0 Å². The van der Waals surface area contributed by atoms with Crippen LogP contribution in [0.4, 0.5) is 34.1 Å². The van der Waals surface area contributed by atoms with Gasteiger partial charge in [-0.1, -0.05) is 91.0 Å². The van der Waals surface area contributed by atoms with Crippen LogP contribution >= 0.6 is 0 Å². The molecular weight excluding hydrogens is 485 g/mol. The highest BCUT2D eigenvalue weighted by atomic mass is 15.3. The van der Waals surface area contributed by atoms with Crippen molar-refractivity contribution in [2.75, 3.05) is 14.5 Å². The van der Waals surface area contributed by atoms with Crippen LogP contribution in [0.5, 0.6) is 0 Å². The second-order valence-electron chi connectivity index (χ2n) is 10.1. The van der Waals surface area contributed by atoms with Gasteiger partial charge in [0.15, 0.2) is 0 Å². The number of nitrogens with zero attached hydrogens (tertiary/aromatic N) is 3. The van der Waals surface area contributed by atoms with Crippen molar-refractivity contribution in [3.05, 3.63) is 163 Å². The second-order valence-corrected chi connectivity index (χ2v) is 10.1. The second kappa shape index (κ2) is 10.7. The fourth-order valence-electron chi connectivity index (χ4n) is 5.87. The van der Waals surface area contributed by atoms with Crippen molar-refractivity contribution < 1.29 is 0 Å². The molecule has 192 valence electrons. The maximum atomic E-state index is 2.50. The number of benzene rings is 5. The Bertz CT molecular complexity index is 1610. The Morgan fingerprint density at radius 3 is 1.60 bits per heavy atom. The van der Waals surface area contributed by atoms with Gasteiger partial charge in [-0.15, -0.1) is 0 Å². The van der Waals surface area contributed by atoms with Gasteiger partial charge in [-0.05, 0) is 85.0 Å². The third kappa shape index (κ3) is 4.38. The van der Waals surface area contributed by atoms with Crippen molar-refractivity contribution in [1.29, 1.82) is 0 Å². The first-order valence-electron chi connectivity index (χ1n) is 14.0. The van der Waals surface area contributed by atoms with E-state index >= 15 is 0 Å². The Hall–Kier alpha value is -4.96. The summed E-state index contributed by atoms with van der Waals surface area (Å²) in [5, 5.41) is 0. The summed E-state index contributed by atoms with van der Waals surface area (Å²) < 4.78 is 0. The number of fused-ring (bicyclic) bond motifs is 1. The fourth-order valence-corrected chi connectivity index (χ4v) is 5.87. The van der Waals surface area contributed by atoms with E-state index < -0.39 is 0 Å². The van der Waals surface area contributed by atoms with Gasteiger partial charge in [0, 0.05) is 28.4 Å². The Morgan fingerprint density at radius 1 is 0.500 bits per heavy atom. The zero-order valence-electron chi connectivity index (χ0n) is 22.3. The Labute approximate surface area is 237 Å². The fraction of sp³-hybridized carbons (Fsp3) is 0.0556. The van der Waals surface area contributed by atoms with E-state index in [2.05, 4.69) is 172 Å². The maximum Gasteiger partial charge on any atom is 0.420 e. The summed E-state index contributed by atoms with van der Waals surface area (Å²) in [6.07, 6.45) is 9.10. The van der Waals surface area contributed by atoms with Gasteiger partial charge in [0.1, 0.15) is 0 Å². The molecule has 0 aromatic heterocycles. The van der Waals surface area contributed by atoms with E-state index in [0.29, 0.717) is 0 Å². The first kappa shape index (κ1) is 24.1. The molecule has 4 heteroatoms. The average Bonchev–Trinajstić information content (AvgIpc) is 3.39. The van der Waals surface area contributed by atoms with E-state index in [1.807, 2.05) is 0 Å². The van der Waals surface area contributed by atoms with E-state index in [0.717, 1.165) is 29.9 Å². The van der Waals surface area contributed by atoms with Crippen LogP contribution in [0.15, 0.2) is 163 Å². The van der Waals surface area contributed by atoms with Crippen LogP contribution in [0, 0.1) is 0 Å². The van der Waals surface area contributed by atoms with Crippen molar-refractivity contribution in [1.82, 2.24) is 0 Å². The molecule has 40 heavy (non-hydrogen) atoms. The van der Waals surface area contributed by atoms with Crippen molar-refractivity contribution in [3.63, 3.8) is 0 Å². The van der Waals surface area contributed by atoms with Crippen molar-refractivity contribution in [3.8, 4) is 0 Å². The number of allylic oxidation sites excluding steroid dienone is 3. The molecule has 0 saturated heterocycles. The first-order chi connectivity index (χ1) is 19.9. The highest BCUT2D eigenvalue weighted by Crippen LogP contribution is 2.45. The summed E-state index contributed by atoms with van der Waals surface area (Å²) in [7, 11) is 0. The third-order valence-electron chi connectivity index (χ3n) is 7.66. The number of hydrogen-bond donors (Lipinski definition) is 0. The highest BCUT2D eigenvalue weighted by molar-refractivity contribution is 6.83. The molecule has 7 rings (SSSR count). The van der Waals surface area contributed by atoms with Crippen molar-refractivity contribution in [2.24, 2.45) is 0 Å². The van der Waals surface area contributed by atoms with E-state index in [1.165, 1.54) is 28.2 Å². The molecule has 2 aliphatic rings. The molecule has 3 nitrogen and oxygen atoms in total. The van der Waals surface area contributed by atoms with Gasteiger partial charge in [0.05, 0.1) is 11.4 Å². The van der Waals surface area contributed by atoms with Crippen LogP contribution in [0.3, 0.4) is 0 Å². The van der Waals surface area contributed by atoms with Gasteiger partial charge in [-0.25, -0.2) is 0 Å². The Morgan fingerprint density at radius 2 is 1.02 bits per heavy atom. The van der Waals surface area contributed by atoms with Crippen LogP contribution < -0.4 is 20.0 Å². The lowest BCUT2D eigenvalue weighted by Crippen LogP contribution is -2.54. The van der Waals surface area contributed by atoms with E-state index in [9.17, 15) is 0 Å². The molecule has 0 fully saturated rings. The quantitative estimate of drug-likeness (QED) is 0.209. The lowest BCUT2D eigenvalue weighted by atomic mass is 9.64. The summed E-state index contributed by atoms with van der Waals surface area (Å²) in [5.41, 5.74) is 9.53. The van der Waals surface area contributed by atoms with Gasteiger partial charge in [0.25, 0.3) is 0 Å². The molecule has 0 amide bonds. The lowest BCUT2D eigenvalue weighted by Gasteiger charge is -2.32. The van der Waals surface area contributed by atoms with E-state index in [-0.39, 0.29) is 6.98 Å². The zero-order chi connectivity index (χ0) is 26.7. The molecule has 1 heterocycles. The van der Waals surface area contributed by atoms with Gasteiger partial charge >= 0.3 is 6.98 Å². The third-order valence-corrected chi connectivity index (χ3v) is 7.66. The normalized spacial score (nSPS) is 14.2. The van der Waals surface area contributed by atoms with Crippen LogP contribution in [-0.4, -0.2) is 6.98 Å². The van der Waals surface area contributed by atoms with Gasteiger partial charge in [-0.3, -0.25) is 0 Å². The topological polar surface area (TPSA) is 9.72 Å². The molecule has 5 aromatic carbocycles. The van der Waals surface area contributed by atoms with Crippen molar-refractivity contribution >= 4 is 46.6 Å². The number of para-hydroxylation sites is 5. The minimum absolute atomic E-state index is 0.00949. The number of anilines is 6. The molecule has 0 saturated carbocycles. The van der Waals surface area contributed by atoms with E-state index in [4.69, 9.17) is 0 Å². The molecule has 0 bridgehead atoms. The van der Waals surface area contributed by atoms with Crippen LogP contribution in [-0.2, 0) is 0 Å². The SMILES string of the molecule is C1=CC(N2B(c3ccc(N(c4ccccc4)c4ccccc4)cc3)N(c3ccccc3)c3ccccc32)=CCC1. The van der Waals surface area contributed by atoms with Gasteiger partial charge in [0.2, 0.25) is 0 Å². The Kier molecular flexibility index (Phi) is 6.43. The molecule has 0 unspecified atom stereocenters. The van der Waals surface area contributed by atoms with Crippen LogP contribution in [0.1, 0.15) is 12.8 Å². The predicted octanol–water partition coefficient (Wildman–Crippen LogP) is 8.74. The molecule has 0 spiro atoms. The molecule has 0 radical (unpaired) electrons. The van der Waals surface area contributed by atoms with Gasteiger partial charge < -0.3 is 14.5 Å². The first-order valence-corrected chi connectivity index (χ1v) is 14.0. The summed E-state index contributed by atoms with van der Waals surface area (Å²) in [4.78, 5) is 7.28. The summed E-state index contributed by atoms with van der Waals surface area (Å²) in [6.45, 7) is -0.00949. The monoisotopic (exact) mass is 515 g/mol. The molecular formula is C36H30BN3. The van der Waals surface area contributed by atoms with E-state index in [1.54, 1.807) is 0 Å². The van der Waals surface area contributed by atoms with Crippen molar-refractivity contribution in [2.45, 2.75) is 12.8 Å². The largest absolute Gasteiger partial charge is 0.420 e. The van der Waals surface area contributed by atoms with Crippen LogP contribution in [0.2, 0.25) is 0 Å². The summed E-state index contributed by atoms with van der Waals surface area (Å²) in [6, 6.07) is 49.8. The minimum atomic E-state index is -0.00949. The molecule has 1 aliphatic carbocycles. The zero-order valence-corrected chi connectivity index (χ0v) is 22.3. The average molecular weight is 515 g/mol. The predicted molar refractivity (Wildman–Crippen MR) is 170 cm³/mol. The summed E-state index contributed by atoms with van der Waals surface area (Å²) in [5.74, 6) is 0. The highest BCUT2D eigenvalue weighted by Gasteiger charge is 2.43. The standard InChI is InChI=1S/C36H30BN3/c1-5-15-30(16-6-1)38(31-17-7-2-8-18-31)32-27-25-29(26-28-32)37-39(33-19-9-3-10-20-33)35-23-13-14-24-36(35)40(37)34-21-11-4-12-22-34/h1-3,5-11,13-28H,4,12H2. The minimum Gasteiger partial charge on any atom is -0.360 e. The molecule has 1 aliphatic heterocycles. The number of rotatable bonds is 6.